The molecule has 2 N–H and O–H groups in total. The molecule has 0 aliphatic carbocycles. The summed E-state index contributed by atoms with van der Waals surface area (Å²) in [5.74, 6) is 1.02. The average Bonchev–Trinajstić information content (AvgIpc) is 2.78. The van der Waals surface area contributed by atoms with E-state index >= 15 is 0 Å². The van der Waals surface area contributed by atoms with Crippen molar-refractivity contribution in [3.8, 4) is 22.6 Å². The number of ether oxygens (including phenoxy) is 2. The molecule has 3 aromatic rings. The Morgan fingerprint density at radius 1 is 0.875 bits per heavy atom. The summed E-state index contributed by atoms with van der Waals surface area (Å²) in [5.41, 5.74) is 2.14. The first-order valence-electron chi connectivity index (χ1n) is 11.3. The molecule has 2 aliphatic heterocycles. The minimum absolute atomic E-state index is 0.263. The van der Waals surface area contributed by atoms with Crippen LogP contribution in [0.25, 0.3) is 21.9 Å². The van der Waals surface area contributed by atoms with E-state index in [9.17, 15) is 10.2 Å². The molecule has 2 saturated heterocycles. The molecule has 2 fully saturated rings. The second-order valence-electron chi connectivity index (χ2n) is 8.76. The van der Waals surface area contributed by atoms with Gasteiger partial charge in [-0.1, -0.05) is 30.3 Å². The number of β-amino-alcohol motifs (C(OH)–C–C–N with tert-alkyl or cyclic N) is 1. The first-order chi connectivity index (χ1) is 15.6. The fourth-order valence-electron chi connectivity index (χ4n) is 4.44. The molecule has 2 heterocycles. The Morgan fingerprint density at radius 2 is 1.59 bits per heavy atom. The smallest absolute Gasteiger partial charge is 0.120 e. The van der Waals surface area contributed by atoms with Crippen LogP contribution in [0.4, 0.5) is 0 Å². The lowest BCUT2D eigenvalue weighted by Crippen LogP contribution is -2.57. The van der Waals surface area contributed by atoms with Gasteiger partial charge in [0.25, 0.3) is 0 Å². The molecule has 5 rings (SSSR count). The van der Waals surface area contributed by atoms with E-state index in [0.717, 1.165) is 67.0 Å². The molecular formula is C26H30N2O4. The summed E-state index contributed by atoms with van der Waals surface area (Å²) in [4.78, 5) is 4.80. The van der Waals surface area contributed by atoms with E-state index in [1.54, 1.807) is 12.1 Å². The van der Waals surface area contributed by atoms with Crippen molar-refractivity contribution in [2.75, 3.05) is 52.5 Å². The van der Waals surface area contributed by atoms with Crippen LogP contribution in [0.5, 0.6) is 11.5 Å². The van der Waals surface area contributed by atoms with E-state index in [-0.39, 0.29) is 12.4 Å². The maximum Gasteiger partial charge on any atom is 0.120 e. The van der Waals surface area contributed by atoms with Crippen LogP contribution in [0.2, 0.25) is 0 Å². The molecule has 168 valence electrons. The normalized spacial score (nSPS) is 19.0. The lowest BCUT2D eigenvalue weighted by atomic mass is 10.0. The van der Waals surface area contributed by atoms with Crippen molar-refractivity contribution in [3.05, 3.63) is 60.7 Å². The van der Waals surface area contributed by atoms with E-state index in [4.69, 9.17) is 9.47 Å². The average molecular weight is 435 g/mol. The van der Waals surface area contributed by atoms with Crippen molar-refractivity contribution in [2.45, 2.75) is 12.1 Å². The van der Waals surface area contributed by atoms with E-state index < -0.39 is 6.10 Å². The van der Waals surface area contributed by atoms with Gasteiger partial charge in [0.1, 0.15) is 24.2 Å². The molecule has 2 aliphatic rings. The number of hydrogen-bond donors (Lipinski definition) is 2. The Kier molecular flexibility index (Phi) is 6.28. The Bertz CT molecular complexity index is 1040. The Balaban J connectivity index is 1.16. The zero-order chi connectivity index (χ0) is 21.9. The van der Waals surface area contributed by atoms with Gasteiger partial charge in [0, 0.05) is 32.7 Å². The van der Waals surface area contributed by atoms with E-state index in [1.165, 1.54) is 0 Å². The van der Waals surface area contributed by atoms with Crippen LogP contribution in [0.3, 0.4) is 0 Å². The quantitative estimate of drug-likeness (QED) is 0.596. The molecule has 32 heavy (non-hydrogen) atoms. The SMILES string of the molecule is Oc1ccc(-c2ccc3ccc(OCC(O)CN4CCN(C5COC5)CC4)cc3c2)cc1. The van der Waals surface area contributed by atoms with Gasteiger partial charge in [0.15, 0.2) is 0 Å². The lowest BCUT2D eigenvalue weighted by Gasteiger charge is -2.42. The fraction of sp³-hybridized carbons (Fsp3) is 0.385. The Labute approximate surface area is 188 Å². The number of rotatable bonds is 7. The van der Waals surface area contributed by atoms with Crippen LogP contribution >= 0.6 is 0 Å². The van der Waals surface area contributed by atoms with Crippen LogP contribution < -0.4 is 4.74 Å². The van der Waals surface area contributed by atoms with Crippen LogP contribution in [0, 0.1) is 0 Å². The molecule has 6 nitrogen and oxygen atoms in total. The van der Waals surface area contributed by atoms with Gasteiger partial charge in [-0.15, -0.1) is 0 Å². The number of hydrogen-bond acceptors (Lipinski definition) is 6. The van der Waals surface area contributed by atoms with Gasteiger partial charge < -0.3 is 19.7 Å². The molecule has 0 aromatic heterocycles. The summed E-state index contributed by atoms with van der Waals surface area (Å²) < 4.78 is 11.2. The van der Waals surface area contributed by atoms with Crippen LogP contribution in [0.15, 0.2) is 60.7 Å². The van der Waals surface area contributed by atoms with E-state index in [0.29, 0.717) is 12.6 Å². The highest BCUT2D eigenvalue weighted by Crippen LogP contribution is 2.28. The topological polar surface area (TPSA) is 65.4 Å². The maximum absolute atomic E-state index is 10.5. The van der Waals surface area contributed by atoms with E-state index in [1.807, 2.05) is 30.3 Å². The second-order valence-corrected chi connectivity index (χ2v) is 8.76. The van der Waals surface area contributed by atoms with Gasteiger partial charge in [-0.2, -0.15) is 0 Å². The summed E-state index contributed by atoms with van der Waals surface area (Å²) >= 11 is 0. The van der Waals surface area contributed by atoms with Gasteiger partial charge in [-0.3, -0.25) is 9.80 Å². The third-order valence-corrected chi connectivity index (χ3v) is 6.47. The number of aliphatic hydroxyl groups is 1. The standard InChI is InChI=1S/C26H30N2O4/c29-24-6-3-19(4-7-24)21-2-1-20-5-8-26(14-22(20)13-21)32-18-25(30)15-27-9-11-28(12-10-27)23-16-31-17-23/h1-8,13-14,23,25,29-30H,9-12,15-18H2. The zero-order valence-corrected chi connectivity index (χ0v) is 18.2. The number of nitrogens with zero attached hydrogens (tertiary/aromatic N) is 2. The summed E-state index contributed by atoms with van der Waals surface area (Å²) in [5, 5.41) is 22.2. The van der Waals surface area contributed by atoms with Crippen molar-refractivity contribution in [1.29, 1.82) is 0 Å². The third-order valence-electron chi connectivity index (χ3n) is 6.47. The highest BCUT2D eigenvalue weighted by atomic mass is 16.5. The largest absolute Gasteiger partial charge is 0.508 e. The van der Waals surface area contributed by atoms with Gasteiger partial charge >= 0.3 is 0 Å². The first kappa shape index (κ1) is 21.2. The minimum atomic E-state index is -0.521. The summed E-state index contributed by atoms with van der Waals surface area (Å²) in [6, 6.07) is 20.1. The molecule has 1 unspecified atom stereocenters. The molecule has 1 atom stereocenters. The van der Waals surface area contributed by atoms with Crippen molar-refractivity contribution in [3.63, 3.8) is 0 Å². The van der Waals surface area contributed by atoms with Crippen LogP contribution in [-0.2, 0) is 4.74 Å². The predicted molar refractivity (Wildman–Crippen MR) is 125 cm³/mol. The number of fused-ring (bicyclic) bond motifs is 1. The van der Waals surface area contributed by atoms with Crippen molar-refractivity contribution < 1.29 is 19.7 Å². The van der Waals surface area contributed by atoms with Gasteiger partial charge in [0.2, 0.25) is 0 Å². The molecule has 6 heteroatoms. The maximum atomic E-state index is 10.5. The summed E-state index contributed by atoms with van der Waals surface area (Å²) in [6.07, 6.45) is -0.521. The molecule has 0 amide bonds. The Morgan fingerprint density at radius 3 is 2.31 bits per heavy atom. The number of piperazine rings is 1. The van der Waals surface area contributed by atoms with Crippen molar-refractivity contribution in [1.82, 2.24) is 9.80 Å². The fourth-order valence-corrected chi connectivity index (χ4v) is 4.44. The van der Waals surface area contributed by atoms with Crippen LogP contribution in [-0.4, -0.2) is 84.7 Å². The van der Waals surface area contributed by atoms with Crippen LogP contribution in [0.1, 0.15) is 0 Å². The monoisotopic (exact) mass is 434 g/mol. The summed E-state index contributed by atoms with van der Waals surface area (Å²) in [6.45, 7) is 6.66. The second kappa shape index (κ2) is 9.46. The van der Waals surface area contributed by atoms with Crippen molar-refractivity contribution >= 4 is 10.8 Å². The first-order valence-corrected chi connectivity index (χ1v) is 11.3. The number of phenols is 1. The molecule has 0 radical (unpaired) electrons. The highest BCUT2D eigenvalue weighted by Gasteiger charge is 2.29. The Hall–Kier alpha value is -2.64. The van der Waals surface area contributed by atoms with E-state index in [2.05, 4.69) is 28.0 Å². The number of aliphatic hydroxyl groups excluding tert-OH is 1. The predicted octanol–water partition coefficient (Wildman–Crippen LogP) is 2.97. The van der Waals surface area contributed by atoms with Gasteiger partial charge in [-0.05, 0) is 52.2 Å². The number of benzene rings is 3. The molecule has 0 bridgehead atoms. The molecule has 0 saturated carbocycles. The molecule has 0 spiro atoms. The van der Waals surface area contributed by atoms with Gasteiger partial charge in [0.05, 0.1) is 19.3 Å². The van der Waals surface area contributed by atoms with Gasteiger partial charge in [-0.25, -0.2) is 0 Å². The summed E-state index contributed by atoms with van der Waals surface area (Å²) in [7, 11) is 0. The number of aromatic hydroxyl groups is 1. The lowest BCUT2D eigenvalue weighted by molar-refractivity contribution is -0.0793. The molecule has 3 aromatic carbocycles. The number of phenolic OH excluding ortho intramolecular Hbond substituents is 1. The van der Waals surface area contributed by atoms with Crippen molar-refractivity contribution in [2.24, 2.45) is 0 Å². The zero-order valence-electron chi connectivity index (χ0n) is 18.2. The molecular weight excluding hydrogens is 404 g/mol. The third kappa shape index (κ3) is 4.89. The minimum Gasteiger partial charge on any atom is -0.508 e. The highest BCUT2D eigenvalue weighted by molar-refractivity contribution is 5.88.